The van der Waals surface area contributed by atoms with E-state index < -0.39 is 0 Å². The van der Waals surface area contributed by atoms with Gasteiger partial charge in [-0.3, -0.25) is 14.3 Å². The Balaban J connectivity index is 1.21. The molecule has 0 unspecified atom stereocenters. The van der Waals surface area contributed by atoms with E-state index in [4.69, 9.17) is 0 Å². The molecule has 2 aromatic carbocycles. The second-order valence-corrected chi connectivity index (χ2v) is 11.0. The number of carbonyl (C=O) groups excluding carboxylic acids is 2. The summed E-state index contributed by atoms with van der Waals surface area (Å²) < 4.78 is 1.72. The van der Waals surface area contributed by atoms with Crippen molar-refractivity contribution in [2.24, 2.45) is 0 Å². The van der Waals surface area contributed by atoms with Crippen LogP contribution in [-0.2, 0) is 10.2 Å². The van der Waals surface area contributed by atoms with Crippen LogP contribution >= 0.6 is 0 Å². The highest BCUT2D eigenvalue weighted by Gasteiger charge is 2.44. The van der Waals surface area contributed by atoms with Gasteiger partial charge >= 0.3 is 0 Å². The fourth-order valence-corrected chi connectivity index (χ4v) is 5.98. The average molecular weight is 514 g/mol. The van der Waals surface area contributed by atoms with Crippen LogP contribution in [0.4, 0.5) is 11.4 Å². The van der Waals surface area contributed by atoms with Crippen molar-refractivity contribution in [1.29, 1.82) is 0 Å². The van der Waals surface area contributed by atoms with Crippen molar-refractivity contribution in [3.05, 3.63) is 77.6 Å². The van der Waals surface area contributed by atoms with Crippen molar-refractivity contribution in [3.63, 3.8) is 0 Å². The van der Waals surface area contributed by atoms with Gasteiger partial charge in [0.1, 0.15) is 5.69 Å². The molecule has 0 atom stereocenters. The van der Waals surface area contributed by atoms with Crippen molar-refractivity contribution in [1.82, 2.24) is 14.7 Å². The lowest BCUT2D eigenvalue weighted by Gasteiger charge is -2.43. The van der Waals surface area contributed by atoms with E-state index in [0.717, 1.165) is 63.2 Å². The molecule has 7 heteroatoms. The Morgan fingerprint density at radius 1 is 0.868 bits per heavy atom. The molecule has 0 bridgehead atoms. The van der Waals surface area contributed by atoms with Gasteiger partial charge in [0.25, 0.3) is 5.91 Å². The average Bonchev–Trinajstić information content (AvgIpc) is 3.45. The number of carbonyl (C=O) groups is 2. The maximum absolute atomic E-state index is 14.0. The van der Waals surface area contributed by atoms with Crippen molar-refractivity contribution >= 4 is 23.2 Å². The van der Waals surface area contributed by atoms with E-state index in [9.17, 15) is 9.59 Å². The molecule has 2 amide bonds. The first kappa shape index (κ1) is 26.0. The van der Waals surface area contributed by atoms with E-state index in [1.165, 1.54) is 17.5 Å². The Labute approximate surface area is 225 Å². The SMILES string of the molecule is Cc1ccc(C2(C(=O)N3CCN(c4ccc(NC(=O)c5ccnn5C(C)C)cc4)CC3)CCCCC2)cc1. The molecular formula is C31H39N5O2. The quantitative estimate of drug-likeness (QED) is 0.467. The Kier molecular flexibility index (Phi) is 7.54. The highest BCUT2D eigenvalue weighted by Crippen LogP contribution is 2.41. The minimum atomic E-state index is -0.376. The van der Waals surface area contributed by atoms with Crippen LogP contribution in [0.5, 0.6) is 0 Å². The third-order valence-electron chi connectivity index (χ3n) is 8.17. The molecule has 1 N–H and O–H groups in total. The third-order valence-corrected chi connectivity index (χ3v) is 8.17. The molecule has 1 aliphatic carbocycles. The maximum atomic E-state index is 14.0. The minimum absolute atomic E-state index is 0.114. The van der Waals surface area contributed by atoms with Gasteiger partial charge in [-0.15, -0.1) is 0 Å². The van der Waals surface area contributed by atoms with E-state index in [2.05, 4.69) is 51.4 Å². The van der Waals surface area contributed by atoms with Gasteiger partial charge in [-0.2, -0.15) is 5.10 Å². The Morgan fingerprint density at radius 2 is 1.53 bits per heavy atom. The van der Waals surface area contributed by atoms with Crippen LogP contribution < -0.4 is 10.2 Å². The summed E-state index contributed by atoms with van der Waals surface area (Å²) in [5, 5.41) is 7.23. The lowest BCUT2D eigenvalue weighted by Crippen LogP contribution is -2.55. The van der Waals surface area contributed by atoms with E-state index in [1.54, 1.807) is 16.9 Å². The van der Waals surface area contributed by atoms with Gasteiger partial charge in [0, 0.05) is 49.8 Å². The van der Waals surface area contributed by atoms with Crippen molar-refractivity contribution in [3.8, 4) is 0 Å². The van der Waals surface area contributed by atoms with Crippen molar-refractivity contribution in [2.45, 2.75) is 64.3 Å². The monoisotopic (exact) mass is 513 g/mol. The fourth-order valence-electron chi connectivity index (χ4n) is 5.98. The normalized spacial score (nSPS) is 17.5. The number of piperazine rings is 1. The Bertz CT molecular complexity index is 1250. The van der Waals surface area contributed by atoms with Gasteiger partial charge in [0.05, 0.1) is 5.41 Å². The first-order valence-corrected chi connectivity index (χ1v) is 13.9. The molecule has 7 nitrogen and oxygen atoms in total. The maximum Gasteiger partial charge on any atom is 0.273 e. The molecule has 1 aromatic heterocycles. The molecule has 2 heterocycles. The van der Waals surface area contributed by atoms with Crippen LogP contribution in [0, 0.1) is 6.92 Å². The van der Waals surface area contributed by atoms with Crippen LogP contribution in [0.1, 0.15) is 73.6 Å². The van der Waals surface area contributed by atoms with Gasteiger partial charge < -0.3 is 15.1 Å². The number of benzene rings is 2. The van der Waals surface area contributed by atoms with Crippen LogP contribution in [0.15, 0.2) is 60.8 Å². The Hall–Kier alpha value is -3.61. The number of aromatic nitrogens is 2. The summed E-state index contributed by atoms with van der Waals surface area (Å²) in [6, 6.07) is 18.4. The highest BCUT2D eigenvalue weighted by atomic mass is 16.2. The fraction of sp³-hybridized carbons (Fsp3) is 0.452. The molecule has 2 fully saturated rings. The molecule has 3 aromatic rings. The van der Waals surface area contributed by atoms with Gasteiger partial charge in [-0.05, 0) is 69.5 Å². The summed E-state index contributed by atoms with van der Waals surface area (Å²) in [6.45, 7) is 9.16. The van der Waals surface area contributed by atoms with E-state index in [0.29, 0.717) is 11.6 Å². The molecule has 0 spiro atoms. The zero-order valence-corrected chi connectivity index (χ0v) is 22.8. The molecule has 1 saturated heterocycles. The molecule has 38 heavy (non-hydrogen) atoms. The van der Waals surface area contributed by atoms with Gasteiger partial charge in [-0.25, -0.2) is 0 Å². The van der Waals surface area contributed by atoms with Crippen LogP contribution in [0.25, 0.3) is 0 Å². The molecule has 1 aliphatic heterocycles. The van der Waals surface area contributed by atoms with Crippen LogP contribution in [0.2, 0.25) is 0 Å². The Morgan fingerprint density at radius 3 is 2.16 bits per heavy atom. The number of nitrogens with zero attached hydrogens (tertiary/aromatic N) is 4. The number of amides is 2. The smallest absolute Gasteiger partial charge is 0.273 e. The van der Waals surface area contributed by atoms with Crippen LogP contribution in [0.3, 0.4) is 0 Å². The number of hydrogen-bond donors (Lipinski definition) is 1. The van der Waals surface area contributed by atoms with Crippen molar-refractivity contribution in [2.75, 3.05) is 36.4 Å². The number of nitrogens with one attached hydrogen (secondary N) is 1. The number of anilines is 2. The van der Waals surface area contributed by atoms with Gasteiger partial charge in [0.2, 0.25) is 5.91 Å². The first-order valence-electron chi connectivity index (χ1n) is 13.9. The summed E-state index contributed by atoms with van der Waals surface area (Å²) in [5.41, 5.74) is 4.44. The lowest BCUT2D eigenvalue weighted by molar-refractivity contribution is -0.139. The van der Waals surface area contributed by atoms with Gasteiger partial charge in [-0.1, -0.05) is 49.1 Å². The predicted molar refractivity (Wildman–Crippen MR) is 152 cm³/mol. The standard InChI is InChI=1S/C31H39N5O2/c1-23(2)36-28(15-18-32-36)29(37)33-26-11-13-27(14-12-26)34-19-21-35(22-20-34)30(38)31(16-5-4-6-17-31)25-9-7-24(3)8-10-25/h7-15,18,23H,4-6,16-17,19-22H2,1-3H3,(H,33,37). The predicted octanol–water partition coefficient (Wildman–Crippen LogP) is 5.58. The third kappa shape index (κ3) is 5.19. The lowest BCUT2D eigenvalue weighted by atomic mass is 9.68. The summed E-state index contributed by atoms with van der Waals surface area (Å²) in [4.78, 5) is 31.1. The topological polar surface area (TPSA) is 70.5 Å². The molecule has 2 aliphatic rings. The zero-order chi connectivity index (χ0) is 26.7. The molecular weight excluding hydrogens is 474 g/mol. The first-order chi connectivity index (χ1) is 18.4. The highest BCUT2D eigenvalue weighted by molar-refractivity contribution is 6.03. The summed E-state index contributed by atoms with van der Waals surface area (Å²) in [5.74, 6) is 0.140. The van der Waals surface area contributed by atoms with Crippen LogP contribution in [-0.4, -0.2) is 52.7 Å². The molecule has 0 radical (unpaired) electrons. The second-order valence-electron chi connectivity index (χ2n) is 11.0. The second kappa shape index (κ2) is 11.0. The number of hydrogen-bond acceptors (Lipinski definition) is 4. The molecule has 200 valence electrons. The zero-order valence-electron chi connectivity index (χ0n) is 22.8. The minimum Gasteiger partial charge on any atom is -0.368 e. The van der Waals surface area contributed by atoms with E-state index in [-0.39, 0.29) is 17.4 Å². The largest absolute Gasteiger partial charge is 0.368 e. The number of aryl methyl sites for hydroxylation is 1. The van der Waals surface area contributed by atoms with Gasteiger partial charge in [0.15, 0.2) is 0 Å². The van der Waals surface area contributed by atoms with Crippen molar-refractivity contribution < 1.29 is 9.59 Å². The summed E-state index contributed by atoms with van der Waals surface area (Å²) >= 11 is 0. The number of rotatable bonds is 6. The summed E-state index contributed by atoms with van der Waals surface area (Å²) in [6.07, 6.45) is 6.98. The van der Waals surface area contributed by atoms with E-state index >= 15 is 0 Å². The molecule has 1 saturated carbocycles. The summed E-state index contributed by atoms with van der Waals surface area (Å²) in [7, 11) is 0. The molecule has 5 rings (SSSR count). The van der Waals surface area contributed by atoms with E-state index in [1.807, 2.05) is 38.1 Å².